The molecule has 0 atom stereocenters. The van der Waals surface area contributed by atoms with Gasteiger partial charge in [-0.1, -0.05) is 12.1 Å². The standard InChI is InChI=1S/C19H15F2N5O2S2/c20-14-3-1-13(2-4-14)12-26-9-7-18(24-26)23-17-6-5-15(11-16(17)21)30(27,28)25-19-22-8-10-29-19/h1-11H,12H2,(H,22,25)(H,23,24). The Hall–Kier alpha value is -3.31. The highest BCUT2D eigenvalue weighted by molar-refractivity contribution is 7.93. The molecular formula is C19H15F2N5O2S2. The van der Waals surface area contributed by atoms with E-state index in [1.807, 2.05) is 0 Å². The number of nitrogens with one attached hydrogen (secondary N) is 2. The molecule has 2 heterocycles. The van der Waals surface area contributed by atoms with Crippen LogP contribution in [0, 0.1) is 11.6 Å². The molecule has 2 N–H and O–H groups in total. The Morgan fingerprint density at radius 1 is 1.07 bits per heavy atom. The molecule has 0 amide bonds. The highest BCUT2D eigenvalue weighted by Gasteiger charge is 2.18. The number of sulfonamides is 1. The van der Waals surface area contributed by atoms with E-state index in [0.29, 0.717) is 12.4 Å². The predicted octanol–water partition coefficient (Wildman–Crippen LogP) is 4.21. The van der Waals surface area contributed by atoms with E-state index in [-0.39, 0.29) is 21.5 Å². The maximum Gasteiger partial charge on any atom is 0.263 e. The van der Waals surface area contributed by atoms with Gasteiger partial charge < -0.3 is 5.32 Å². The van der Waals surface area contributed by atoms with Crippen LogP contribution >= 0.6 is 11.3 Å². The van der Waals surface area contributed by atoms with Crippen LogP contribution in [-0.4, -0.2) is 23.2 Å². The van der Waals surface area contributed by atoms with Gasteiger partial charge >= 0.3 is 0 Å². The van der Waals surface area contributed by atoms with Crippen LogP contribution in [0.1, 0.15) is 5.56 Å². The van der Waals surface area contributed by atoms with Crippen LogP contribution in [0.25, 0.3) is 0 Å². The van der Waals surface area contributed by atoms with Crippen LogP contribution in [0.4, 0.5) is 25.4 Å². The van der Waals surface area contributed by atoms with Crippen LogP contribution in [0.15, 0.2) is 71.2 Å². The maximum absolute atomic E-state index is 14.5. The Kier molecular flexibility index (Phi) is 5.46. The summed E-state index contributed by atoms with van der Waals surface area (Å²) in [6.07, 6.45) is 3.16. The molecule has 7 nitrogen and oxygen atoms in total. The van der Waals surface area contributed by atoms with Gasteiger partial charge in [-0.05, 0) is 35.9 Å². The van der Waals surface area contributed by atoms with E-state index < -0.39 is 15.8 Å². The second kappa shape index (κ2) is 8.20. The number of aromatic nitrogens is 3. The lowest BCUT2D eigenvalue weighted by Crippen LogP contribution is -2.13. The van der Waals surface area contributed by atoms with Crippen molar-refractivity contribution in [1.82, 2.24) is 14.8 Å². The average Bonchev–Trinajstić information content (AvgIpc) is 3.37. The van der Waals surface area contributed by atoms with Crippen molar-refractivity contribution in [1.29, 1.82) is 0 Å². The summed E-state index contributed by atoms with van der Waals surface area (Å²) in [5.74, 6) is -0.679. The van der Waals surface area contributed by atoms with Crippen molar-refractivity contribution >= 4 is 38.0 Å². The molecule has 30 heavy (non-hydrogen) atoms. The molecule has 4 rings (SSSR count). The summed E-state index contributed by atoms with van der Waals surface area (Å²) in [5, 5.41) is 8.94. The van der Waals surface area contributed by atoms with E-state index in [1.54, 1.807) is 34.5 Å². The quantitative estimate of drug-likeness (QED) is 0.443. The summed E-state index contributed by atoms with van der Waals surface area (Å²) in [5.41, 5.74) is 0.940. The van der Waals surface area contributed by atoms with Gasteiger partial charge in [0.2, 0.25) is 0 Å². The first-order valence-corrected chi connectivity index (χ1v) is 11.0. The van der Waals surface area contributed by atoms with E-state index in [4.69, 9.17) is 0 Å². The molecule has 0 radical (unpaired) electrons. The number of halogens is 2. The molecule has 4 aromatic rings. The fourth-order valence-corrected chi connectivity index (χ4v) is 4.44. The molecule has 0 saturated heterocycles. The highest BCUT2D eigenvalue weighted by Crippen LogP contribution is 2.24. The van der Waals surface area contributed by atoms with Crippen molar-refractivity contribution in [2.75, 3.05) is 10.0 Å². The second-order valence-corrected chi connectivity index (χ2v) is 8.81. The third-order valence-electron chi connectivity index (χ3n) is 4.07. The van der Waals surface area contributed by atoms with E-state index in [0.717, 1.165) is 23.0 Å². The number of rotatable bonds is 7. The van der Waals surface area contributed by atoms with Gasteiger partial charge in [0.1, 0.15) is 11.6 Å². The van der Waals surface area contributed by atoms with Crippen LogP contribution in [0.5, 0.6) is 0 Å². The fourth-order valence-electron chi connectivity index (χ4n) is 2.64. The maximum atomic E-state index is 14.5. The Bertz CT molecular complexity index is 1260. The van der Waals surface area contributed by atoms with Gasteiger partial charge in [0, 0.05) is 23.8 Å². The molecule has 0 fully saturated rings. The van der Waals surface area contributed by atoms with Crippen LogP contribution in [0.2, 0.25) is 0 Å². The minimum Gasteiger partial charge on any atom is -0.336 e. The van der Waals surface area contributed by atoms with Gasteiger partial charge in [-0.25, -0.2) is 22.2 Å². The Morgan fingerprint density at radius 3 is 2.57 bits per heavy atom. The summed E-state index contributed by atoms with van der Waals surface area (Å²) < 4.78 is 56.1. The van der Waals surface area contributed by atoms with Gasteiger partial charge in [0.15, 0.2) is 10.9 Å². The molecule has 2 aromatic heterocycles. The lowest BCUT2D eigenvalue weighted by atomic mass is 10.2. The summed E-state index contributed by atoms with van der Waals surface area (Å²) in [6.45, 7) is 0.421. The summed E-state index contributed by atoms with van der Waals surface area (Å²) in [4.78, 5) is 3.63. The zero-order valence-electron chi connectivity index (χ0n) is 15.3. The Balaban J connectivity index is 1.46. The summed E-state index contributed by atoms with van der Waals surface area (Å²) in [6, 6.07) is 11.2. The number of hydrogen-bond acceptors (Lipinski definition) is 6. The summed E-state index contributed by atoms with van der Waals surface area (Å²) >= 11 is 1.12. The number of thiazole rings is 1. The molecule has 0 aliphatic rings. The fraction of sp³-hybridized carbons (Fsp3) is 0.0526. The third-order valence-corrected chi connectivity index (χ3v) is 6.22. The average molecular weight is 447 g/mol. The number of nitrogens with zero attached hydrogens (tertiary/aromatic N) is 3. The minimum absolute atomic E-state index is 0.0789. The van der Waals surface area contributed by atoms with Gasteiger partial charge in [-0.15, -0.1) is 11.3 Å². The normalized spacial score (nSPS) is 11.4. The first-order valence-electron chi connectivity index (χ1n) is 8.66. The van der Waals surface area contributed by atoms with Gasteiger partial charge in [-0.2, -0.15) is 5.10 Å². The third kappa shape index (κ3) is 4.63. The van der Waals surface area contributed by atoms with Crippen molar-refractivity contribution in [3.05, 3.63) is 83.5 Å². The zero-order chi connectivity index (χ0) is 21.1. The largest absolute Gasteiger partial charge is 0.336 e. The summed E-state index contributed by atoms with van der Waals surface area (Å²) in [7, 11) is -3.95. The van der Waals surface area contributed by atoms with Crippen molar-refractivity contribution < 1.29 is 17.2 Å². The molecule has 2 aromatic carbocycles. The lowest BCUT2D eigenvalue weighted by molar-refractivity contribution is 0.596. The minimum atomic E-state index is -3.95. The highest BCUT2D eigenvalue weighted by atomic mass is 32.2. The van der Waals surface area contributed by atoms with E-state index >= 15 is 0 Å². The second-order valence-electron chi connectivity index (χ2n) is 6.23. The topological polar surface area (TPSA) is 88.9 Å². The monoisotopic (exact) mass is 447 g/mol. The van der Waals surface area contributed by atoms with Gasteiger partial charge in [-0.3, -0.25) is 9.40 Å². The van der Waals surface area contributed by atoms with Crippen LogP contribution < -0.4 is 10.0 Å². The molecule has 0 unspecified atom stereocenters. The molecule has 0 aliphatic carbocycles. The molecule has 0 saturated carbocycles. The number of hydrogen-bond donors (Lipinski definition) is 2. The molecule has 0 bridgehead atoms. The number of anilines is 3. The zero-order valence-corrected chi connectivity index (χ0v) is 16.9. The number of benzene rings is 2. The Labute approximate surface area is 175 Å². The molecule has 154 valence electrons. The lowest BCUT2D eigenvalue weighted by Gasteiger charge is -2.09. The SMILES string of the molecule is O=S(=O)(Nc1nccs1)c1ccc(Nc2ccn(Cc3ccc(F)cc3)n2)c(F)c1. The van der Waals surface area contributed by atoms with Crippen molar-refractivity contribution in [2.45, 2.75) is 11.4 Å². The van der Waals surface area contributed by atoms with E-state index in [1.165, 1.54) is 30.5 Å². The van der Waals surface area contributed by atoms with Crippen molar-refractivity contribution in [2.24, 2.45) is 0 Å². The molecule has 11 heteroatoms. The predicted molar refractivity (Wildman–Crippen MR) is 110 cm³/mol. The van der Waals surface area contributed by atoms with Crippen LogP contribution in [0.3, 0.4) is 0 Å². The van der Waals surface area contributed by atoms with Gasteiger partial charge in [0.25, 0.3) is 10.0 Å². The first kappa shape index (κ1) is 20.0. The van der Waals surface area contributed by atoms with E-state index in [2.05, 4.69) is 20.1 Å². The molecule has 0 spiro atoms. The smallest absolute Gasteiger partial charge is 0.263 e. The van der Waals surface area contributed by atoms with Crippen molar-refractivity contribution in [3.63, 3.8) is 0 Å². The molecule has 0 aliphatic heterocycles. The Morgan fingerprint density at radius 2 is 1.87 bits per heavy atom. The van der Waals surface area contributed by atoms with E-state index in [9.17, 15) is 17.2 Å². The van der Waals surface area contributed by atoms with Crippen molar-refractivity contribution in [3.8, 4) is 0 Å². The van der Waals surface area contributed by atoms with Crippen LogP contribution in [-0.2, 0) is 16.6 Å². The first-order chi connectivity index (χ1) is 14.4. The van der Waals surface area contributed by atoms with Gasteiger partial charge in [0.05, 0.1) is 17.1 Å². The molecular weight excluding hydrogens is 432 g/mol.